The number of benzene rings is 1. The van der Waals surface area contributed by atoms with Crippen molar-refractivity contribution in [3.8, 4) is 0 Å². The second-order valence-corrected chi connectivity index (χ2v) is 8.51. The summed E-state index contributed by atoms with van der Waals surface area (Å²) in [5.41, 5.74) is 0.293. The Balaban J connectivity index is 2.16. The molecule has 1 fully saturated rings. The lowest BCUT2D eigenvalue weighted by molar-refractivity contribution is 0.00578. The van der Waals surface area contributed by atoms with E-state index in [0.717, 1.165) is 10.4 Å². The maximum absolute atomic E-state index is 12.0. The molecule has 1 atom stereocenters. The molecule has 5 heteroatoms. The first-order chi connectivity index (χ1) is 9.14. The van der Waals surface area contributed by atoms with Gasteiger partial charge in [-0.05, 0) is 70.3 Å². The predicted molar refractivity (Wildman–Crippen MR) is 83.7 cm³/mol. The van der Waals surface area contributed by atoms with Gasteiger partial charge in [0.1, 0.15) is 5.25 Å². The van der Waals surface area contributed by atoms with Crippen molar-refractivity contribution in [2.75, 3.05) is 0 Å². The van der Waals surface area contributed by atoms with Crippen molar-refractivity contribution >= 4 is 23.8 Å². The predicted octanol–water partition coefficient (Wildman–Crippen LogP) is 2.50. The topological polar surface area (TPSA) is 41.5 Å². The van der Waals surface area contributed by atoms with Crippen LogP contribution in [0.2, 0.25) is 0 Å². The summed E-state index contributed by atoms with van der Waals surface area (Å²) < 4.78 is 24.0. The standard InChI is InChI=1S/C15H23BO3S/c1-11(2)20(17)13-9-7-12(8-10-13)16-18-14(3,4)15(5,6)19-16/h7-11H,1-6H3. The molecule has 110 valence electrons. The van der Waals surface area contributed by atoms with Gasteiger partial charge in [0.15, 0.2) is 4.90 Å². The van der Waals surface area contributed by atoms with Crippen LogP contribution in [0, 0.1) is 0 Å². The third-order valence-corrected chi connectivity index (χ3v) is 5.66. The van der Waals surface area contributed by atoms with E-state index in [9.17, 15) is 4.55 Å². The Morgan fingerprint density at radius 2 is 1.45 bits per heavy atom. The maximum Gasteiger partial charge on any atom is 0.494 e. The fraction of sp³-hybridized carbons (Fsp3) is 0.600. The molecule has 0 aromatic heterocycles. The summed E-state index contributed by atoms with van der Waals surface area (Å²) in [6.07, 6.45) is 0. The SMILES string of the molecule is CC(C)[S+]([O-])c1ccc(B2OC(C)(C)C(C)(C)O2)cc1. The van der Waals surface area contributed by atoms with Crippen molar-refractivity contribution in [3.63, 3.8) is 0 Å². The van der Waals surface area contributed by atoms with Gasteiger partial charge in [0, 0.05) is 0 Å². The average molecular weight is 294 g/mol. The van der Waals surface area contributed by atoms with E-state index >= 15 is 0 Å². The first-order valence-corrected chi connectivity index (χ1v) is 8.21. The number of rotatable bonds is 3. The first kappa shape index (κ1) is 15.9. The minimum atomic E-state index is -0.957. The molecule has 1 saturated heterocycles. The first-order valence-electron chi connectivity index (χ1n) is 7.00. The van der Waals surface area contributed by atoms with Crippen molar-refractivity contribution in [2.24, 2.45) is 0 Å². The lowest BCUT2D eigenvalue weighted by Crippen LogP contribution is -2.41. The van der Waals surface area contributed by atoms with Crippen LogP contribution in [0.15, 0.2) is 29.2 Å². The van der Waals surface area contributed by atoms with Crippen LogP contribution < -0.4 is 5.46 Å². The highest BCUT2D eigenvalue weighted by Crippen LogP contribution is 2.36. The highest BCUT2D eigenvalue weighted by atomic mass is 32.2. The van der Waals surface area contributed by atoms with E-state index in [0.29, 0.717) is 0 Å². The highest BCUT2D eigenvalue weighted by molar-refractivity contribution is 7.92. The van der Waals surface area contributed by atoms with Gasteiger partial charge in [-0.15, -0.1) is 0 Å². The second-order valence-electron chi connectivity index (χ2n) is 6.50. The van der Waals surface area contributed by atoms with Crippen molar-refractivity contribution < 1.29 is 13.9 Å². The summed E-state index contributed by atoms with van der Waals surface area (Å²) in [5.74, 6) is 0. The molecule has 0 N–H and O–H groups in total. The summed E-state index contributed by atoms with van der Waals surface area (Å²) in [6, 6.07) is 7.68. The van der Waals surface area contributed by atoms with Crippen LogP contribution in [-0.2, 0) is 20.5 Å². The van der Waals surface area contributed by atoms with Gasteiger partial charge in [-0.2, -0.15) is 0 Å². The van der Waals surface area contributed by atoms with Crippen LogP contribution in [0.3, 0.4) is 0 Å². The fourth-order valence-corrected chi connectivity index (χ4v) is 2.96. The molecule has 1 heterocycles. The summed E-state index contributed by atoms with van der Waals surface area (Å²) in [7, 11) is -0.360. The molecule has 0 bridgehead atoms. The van der Waals surface area contributed by atoms with E-state index in [1.807, 2.05) is 65.8 Å². The van der Waals surface area contributed by atoms with E-state index < -0.39 is 11.2 Å². The smallest absolute Gasteiger partial charge is 0.494 e. The average Bonchev–Trinajstić information content (AvgIpc) is 2.57. The second kappa shape index (κ2) is 5.37. The minimum Gasteiger partial charge on any atom is -0.611 e. The molecule has 1 aromatic rings. The molecular weight excluding hydrogens is 271 g/mol. The Morgan fingerprint density at radius 1 is 1.00 bits per heavy atom. The van der Waals surface area contributed by atoms with Gasteiger partial charge in [-0.3, -0.25) is 0 Å². The zero-order valence-corrected chi connectivity index (χ0v) is 13.9. The molecule has 0 saturated carbocycles. The van der Waals surface area contributed by atoms with E-state index in [-0.39, 0.29) is 23.6 Å². The van der Waals surface area contributed by atoms with E-state index in [1.54, 1.807) is 0 Å². The lowest BCUT2D eigenvalue weighted by atomic mass is 9.79. The Hall–Kier alpha value is -0.485. The van der Waals surface area contributed by atoms with Crippen LogP contribution in [0.1, 0.15) is 41.5 Å². The molecule has 0 aliphatic carbocycles. The van der Waals surface area contributed by atoms with Crippen molar-refractivity contribution in [2.45, 2.75) is 62.9 Å². The molecule has 1 unspecified atom stereocenters. The van der Waals surface area contributed by atoms with Gasteiger partial charge in [0.05, 0.1) is 11.2 Å². The van der Waals surface area contributed by atoms with Gasteiger partial charge >= 0.3 is 7.12 Å². The summed E-state index contributed by atoms with van der Waals surface area (Å²) in [6.45, 7) is 12.1. The van der Waals surface area contributed by atoms with Crippen LogP contribution in [0.4, 0.5) is 0 Å². The molecule has 0 radical (unpaired) electrons. The summed E-state index contributed by atoms with van der Waals surface area (Å²) in [5, 5.41) is 0.123. The van der Waals surface area contributed by atoms with Crippen LogP contribution in [0.5, 0.6) is 0 Å². The molecule has 1 aromatic carbocycles. The van der Waals surface area contributed by atoms with Gasteiger partial charge in [0.25, 0.3) is 0 Å². The molecule has 0 spiro atoms. The zero-order chi connectivity index (χ0) is 15.1. The van der Waals surface area contributed by atoms with Crippen molar-refractivity contribution in [1.82, 2.24) is 0 Å². The van der Waals surface area contributed by atoms with E-state index in [2.05, 4.69) is 0 Å². The molecule has 3 nitrogen and oxygen atoms in total. The van der Waals surface area contributed by atoms with Crippen LogP contribution in [-0.4, -0.2) is 28.1 Å². The van der Waals surface area contributed by atoms with Gasteiger partial charge < -0.3 is 13.9 Å². The summed E-state index contributed by atoms with van der Waals surface area (Å²) in [4.78, 5) is 0.847. The molecule has 1 aliphatic rings. The Bertz CT molecular complexity index is 455. The van der Waals surface area contributed by atoms with Crippen LogP contribution in [0.25, 0.3) is 0 Å². The molecule has 0 amide bonds. The monoisotopic (exact) mass is 294 g/mol. The number of hydrogen-bond donors (Lipinski definition) is 0. The van der Waals surface area contributed by atoms with Crippen LogP contribution >= 0.6 is 0 Å². The van der Waals surface area contributed by atoms with Crippen molar-refractivity contribution in [3.05, 3.63) is 24.3 Å². The highest BCUT2D eigenvalue weighted by Gasteiger charge is 2.51. The van der Waals surface area contributed by atoms with E-state index in [4.69, 9.17) is 9.31 Å². The van der Waals surface area contributed by atoms with Crippen molar-refractivity contribution in [1.29, 1.82) is 0 Å². The van der Waals surface area contributed by atoms with E-state index in [1.165, 1.54) is 0 Å². The van der Waals surface area contributed by atoms with Gasteiger partial charge in [0.2, 0.25) is 0 Å². The summed E-state index contributed by atoms with van der Waals surface area (Å²) >= 11 is -0.957. The zero-order valence-electron chi connectivity index (χ0n) is 13.1. The Labute approximate surface area is 125 Å². The normalized spacial score (nSPS) is 22.3. The molecule has 20 heavy (non-hydrogen) atoms. The quantitative estimate of drug-likeness (QED) is 0.635. The Morgan fingerprint density at radius 3 is 1.85 bits per heavy atom. The van der Waals surface area contributed by atoms with Gasteiger partial charge in [-0.25, -0.2) is 0 Å². The Kier molecular flexibility index (Phi) is 4.27. The fourth-order valence-electron chi connectivity index (χ4n) is 2.01. The molecular formula is C15H23BO3S. The third-order valence-electron chi connectivity index (χ3n) is 4.07. The third kappa shape index (κ3) is 2.91. The molecule has 2 rings (SSSR count). The largest absolute Gasteiger partial charge is 0.611 e. The minimum absolute atomic E-state index is 0.123. The number of hydrogen-bond acceptors (Lipinski definition) is 3. The van der Waals surface area contributed by atoms with Gasteiger partial charge in [-0.1, -0.05) is 12.1 Å². The maximum atomic E-state index is 12.0. The lowest BCUT2D eigenvalue weighted by Gasteiger charge is -2.32. The molecule has 1 aliphatic heterocycles.